The van der Waals surface area contributed by atoms with Crippen molar-refractivity contribution >= 4 is 6.08 Å². The second-order valence-corrected chi connectivity index (χ2v) is 3.90. The number of alkyl halides is 3. The minimum absolute atomic E-state index is 0.453. The van der Waals surface area contributed by atoms with E-state index in [9.17, 15) is 13.2 Å². The van der Waals surface area contributed by atoms with Gasteiger partial charge in [0.15, 0.2) is 0 Å². The zero-order valence-electron chi connectivity index (χ0n) is 8.59. The van der Waals surface area contributed by atoms with Gasteiger partial charge in [0.25, 0.3) is 0 Å². The minimum Gasteiger partial charge on any atom is -0.315 e. The highest BCUT2D eigenvalue weighted by molar-refractivity contribution is 5.51. The van der Waals surface area contributed by atoms with E-state index in [1.165, 1.54) is 12.1 Å². The highest BCUT2D eigenvalue weighted by Gasteiger charge is 2.30. The molecule has 0 atom stereocenters. The fourth-order valence-electron chi connectivity index (χ4n) is 1.51. The van der Waals surface area contributed by atoms with Gasteiger partial charge in [-0.05, 0) is 17.7 Å². The van der Waals surface area contributed by atoms with Crippen LogP contribution in [-0.2, 0) is 6.18 Å². The van der Waals surface area contributed by atoms with E-state index in [1.54, 1.807) is 12.1 Å². The molecule has 1 N–H and O–H groups in total. The summed E-state index contributed by atoms with van der Waals surface area (Å²) in [5, 5.41) is 3.10. The van der Waals surface area contributed by atoms with Crippen molar-refractivity contribution in [2.24, 2.45) is 5.92 Å². The predicted octanol–water partition coefficient (Wildman–Crippen LogP) is 2.94. The summed E-state index contributed by atoms with van der Waals surface area (Å²) in [6, 6.07) is 5.37. The lowest BCUT2D eigenvalue weighted by Gasteiger charge is -2.23. The monoisotopic (exact) mass is 227 g/mol. The molecule has 86 valence electrons. The van der Waals surface area contributed by atoms with Gasteiger partial charge in [0.05, 0.1) is 5.56 Å². The van der Waals surface area contributed by atoms with E-state index in [2.05, 4.69) is 5.32 Å². The third-order valence-corrected chi connectivity index (χ3v) is 2.59. The zero-order valence-corrected chi connectivity index (χ0v) is 8.59. The summed E-state index contributed by atoms with van der Waals surface area (Å²) in [5.41, 5.74) is 0.00288. The van der Waals surface area contributed by atoms with Gasteiger partial charge in [-0.1, -0.05) is 24.3 Å². The number of hydrogen-bond donors (Lipinski definition) is 1. The Morgan fingerprint density at radius 2 is 2.00 bits per heavy atom. The summed E-state index contributed by atoms with van der Waals surface area (Å²) >= 11 is 0. The maximum atomic E-state index is 12.4. The Bertz CT molecular complexity index is 391. The van der Waals surface area contributed by atoms with Crippen LogP contribution in [-0.4, -0.2) is 13.1 Å². The molecule has 0 spiro atoms. The van der Waals surface area contributed by atoms with E-state index < -0.39 is 11.7 Å². The highest BCUT2D eigenvalue weighted by atomic mass is 19.4. The van der Waals surface area contributed by atoms with Gasteiger partial charge in [-0.3, -0.25) is 0 Å². The van der Waals surface area contributed by atoms with Gasteiger partial charge in [-0.2, -0.15) is 13.2 Å². The lowest BCUT2D eigenvalue weighted by Crippen LogP contribution is -2.40. The number of nitrogens with one attached hydrogen (secondary N) is 1. The summed E-state index contributed by atoms with van der Waals surface area (Å²) in [5.74, 6) is 0.453. The quantitative estimate of drug-likeness (QED) is 0.819. The summed E-state index contributed by atoms with van der Waals surface area (Å²) in [4.78, 5) is 0. The largest absolute Gasteiger partial charge is 0.416 e. The molecule has 1 fully saturated rings. The van der Waals surface area contributed by atoms with Crippen molar-refractivity contribution in [2.45, 2.75) is 6.18 Å². The van der Waals surface area contributed by atoms with Gasteiger partial charge in [0.1, 0.15) is 0 Å². The van der Waals surface area contributed by atoms with Crippen LogP contribution >= 0.6 is 0 Å². The summed E-state index contributed by atoms with van der Waals surface area (Å²) < 4.78 is 37.2. The van der Waals surface area contributed by atoms with Gasteiger partial charge in [-0.15, -0.1) is 0 Å². The number of benzene rings is 1. The van der Waals surface area contributed by atoms with E-state index >= 15 is 0 Å². The SMILES string of the molecule is FC(F)(F)c1cccc(/C=C/C2CNC2)c1. The molecule has 0 aromatic heterocycles. The van der Waals surface area contributed by atoms with Crippen LogP contribution in [0, 0.1) is 5.92 Å². The third-order valence-electron chi connectivity index (χ3n) is 2.59. The average molecular weight is 227 g/mol. The van der Waals surface area contributed by atoms with Crippen molar-refractivity contribution in [1.29, 1.82) is 0 Å². The fourth-order valence-corrected chi connectivity index (χ4v) is 1.51. The highest BCUT2D eigenvalue weighted by Crippen LogP contribution is 2.29. The van der Waals surface area contributed by atoms with Crippen LogP contribution in [0.25, 0.3) is 6.08 Å². The van der Waals surface area contributed by atoms with Crippen molar-refractivity contribution in [2.75, 3.05) is 13.1 Å². The Hall–Kier alpha value is -1.29. The number of hydrogen-bond acceptors (Lipinski definition) is 1. The van der Waals surface area contributed by atoms with Crippen molar-refractivity contribution in [3.05, 3.63) is 41.5 Å². The molecule has 1 nitrogen and oxygen atoms in total. The molecular formula is C12H12F3N. The summed E-state index contributed by atoms with van der Waals surface area (Å²) in [6.45, 7) is 1.82. The maximum absolute atomic E-state index is 12.4. The number of halogens is 3. The van der Waals surface area contributed by atoms with Crippen LogP contribution in [0.2, 0.25) is 0 Å². The molecule has 0 amide bonds. The van der Waals surface area contributed by atoms with Crippen molar-refractivity contribution in [3.8, 4) is 0 Å². The van der Waals surface area contributed by atoms with E-state index in [-0.39, 0.29) is 0 Å². The van der Waals surface area contributed by atoms with E-state index in [0.717, 1.165) is 19.2 Å². The lowest BCUT2D eigenvalue weighted by molar-refractivity contribution is -0.137. The molecule has 0 unspecified atom stereocenters. The molecule has 1 heterocycles. The molecule has 2 rings (SSSR count). The summed E-state index contributed by atoms with van der Waals surface area (Å²) in [7, 11) is 0. The molecule has 1 saturated heterocycles. The Balaban J connectivity index is 2.12. The van der Waals surface area contributed by atoms with Gasteiger partial charge < -0.3 is 5.32 Å². The van der Waals surface area contributed by atoms with Crippen molar-refractivity contribution < 1.29 is 13.2 Å². The normalized spacial score (nSPS) is 17.7. The summed E-state index contributed by atoms with van der Waals surface area (Å²) in [6.07, 6.45) is -0.561. The first-order chi connectivity index (χ1) is 7.55. The van der Waals surface area contributed by atoms with Gasteiger partial charge in [0, 0.05) is 19.0 Å². The first-order valence-electron chi connectivity index (χ1n) is 5.12. The molecule has 1 aromatic carbocycles. The van der Waals surface area contributed by atoms with Crippen LogP contribution in [0.1, 0.15) is 11.1 Å². The number of rotatable bonds is 2. The lowest BCUT2D eigenvalue weighted by atomic mass is 10.0. The van der Waals surface area contributed by atoms with Crippen molar-refractivity contribution in [3.63, 3.8) is 0 Å². The molecule has 0 radical (unpaired) electrons. The first kappa shape index (κ1) is 11.2. The fraction of sp³-hybridized carbons (Fsp3) is 0.333. The average Bonchev–Trinajstić information content (AvgIpc) is 2.14. The van der Waals surface area contributed by atoms with Crippen LogP contribution in [0.3, 0.4) is 0 Å². The molecule has 16 heavy (non-hydrogen) atoms. The Labute approximate surface area is 92.0 Å². The van der Waals surface area contributed by atoms with Gasteiger partial charge in [0.2, 0.25) is 0 Å². The molecule has 4 heteroatoms. The molecule has 1 aliphatic rings. The second-order valence-electron chi connectivity index (χ2n) is 3.90. The van der Waals surface area contributed by atoms with Crippen LogP contribution in [0.15, 0.2) is 30.3 Å². The predicted molar refractivity (Wildman–Crippen MR) is 56.8 cm³/mol. The second kappa shape index (κ2) is 4.29. The standard InChI is InChI=1S/C12H12F3N/c13-12(14,15)11-3-1-2-9(6-11)4-5-10-7-16-8-10/h1-6,10,16H,7-8H2/b5-4+. The topological polar surface area (TPSA) is 12.0 Å². The van der Waals surface area contributed by atoms with E-state index in [0.29, 0.717) is 11.5 Å². The van der Waals surface area contributed by atoms with Gasteiger partial charge in [-0.25, -0.2) is 0 Å². The molecule has 1 aliphatic heterocycles. The third kappa shape index (κ3) is 2.64. The molecule has 1 aromatic rings. The van der Waals surface area contributed by atoms with Crippen LogP contribution in [0.5, 0.6) is 0 Å². The minimum atomic E-state index is -4.26. The Morgan fingerprint density at radius 3 is 2.56 bits per heavy atom. The van der Waals surface area contributed by atoms with Crippen molar-refractivity contribution in [1.82, 2.24) is 5.32 Å². The molecular weight excluding hydrogens is 215 g/mol. The van der Waals surface area contributed by atoms with E-state index in [4.69, 9.17) is 0 Å². The maximum Gasteiger partial charge on any atom is 0.416 e. The van der Waals surface area contributed by atoms with Crippen LogP contribution in [0.4, 0.5) is 13.2 Å². The molecule has 0 aliphatic carbocycles. The Morgan fingerprint density at radius 1 is 1.25 bits per heavy atom. The first-order valence-corrected chi connectivity index (χ1v) is 5.12. The van der Waals surface area contributed by atoms with Crippen LogP contribution < -0.4 is 5.32 Å². The smallest absolute Gasteiger partial charge is 0.315 e. The van der Waals surface area contributed by atoms with E-state index in [1.807, 2.05) is 6.08 Å². The van der Waals surface area contributed by atoms with Gasteiger partial charge >= 0.3 is 6.18 Å². The molecule has 0 bridgehead atoms. The zero-order chi connectivity index (χ0) is 11.6. The molecule has 0 saturated carbocycles. The Kier molecular flexibility index (Phi) is 3.01.